The van der Waals surface area contributed by atoms with Crippen LogP contribution >= 0.6 is 23.2 Å². The first-order valence-corrected chi connectivity index (χ1v) is 5.80. The molecule has 0 radical (unpaired) electrons. The largest absolute Gasteiger partial charge is 0.348 e. The van der Waals surface area contributed by atoms with E-state index in [0.717, 1.165) is 25.7 Å². The number of halogens is 2. The summed E-state index contributed by atoms with van der Waals surface area (Å²) < 4.78 is 11.2. The first kappa shape index (κ1) is 11.6. The minimum Gasteiger partial charge on any atom is -0.348 e. The Morgan fingerprint density at radius 2 is 1.38 bits per heavy atom. The molecule has 0 aromatic rings. The summed E-state index contributed by atoms with van der Waals surface area (Å²) in [6.07, 6.45) is 3.63. The molecular formula is C9H16Cl2O2. The first-order valence-electron chi connectivity index (χ1n) is 4.73. The number of hydrogen-bond donors (Lipinski definition) is 0. The molecule has 1 fully saturated rings. The highest BCUT2D eigenvalue weighted by molar-refractivity contribution is 6.18. The fourth-order valence-electron chi connectivity index (χ4n) is 1.58. The smallest absolute Gasteiger partial charge is 0.168 e. The van der Waals surface area contributed by atoms with Crippen molar-refractivity contribution >= 4 is 23.2 Å². The van der Waals surface area contributed by atoms with Crippen molar-refractivity contribution in [3.8, 4) is 0 Å². The monoisotopic (exact) mass is 226 g/mol. The lowest BCUT2D eigenvalue weighted by Crippen LogP contribution is -2.30. The van der Waals surface area contributed by atoms with Crippen molar-refractivity contribution in [2.75, 3.05) is 25.0 Å². The van der Waals surface area contributed by atoms with Crippen molar-refractivity contribution < 1.29 is 9.47 Å². The van der Waals surface area contributed by atoms with E-state index in [4.69, 9.17) is 32.7 Å². The van der Waals surface area contributed by atoms with Crippen molar-refractivity contribution in [1.82, 2.24) is 0 Å². The van der Waals surface area contributed by atoms with Crippen molar-refractivity contribution in [1.29, 1.82) is 0 Å². The highest BCUT2D eigenvalue weighted by atomic mass is 35.5. The van der Waals surface area contributed by atoms with Gasteiger partial charge in [0.05, 0.1) is 13.2 Å². The van der Waals surface area contributed by atoms with E-state index in [9.17, 15) is 0 Å². The fraction of sp³-hybridized carbons (Fsp3) is 1.00. The highest BCUT2D eigenvalue weighted by Crippen LogP contribution is 2.30. The average Bonchev–Trinajstić information content (AvgIpc) is 2.61. The van der Waals surface area contributed by atoms with E-state index < -0.39 is 0 Å². The van der Waals surface area contributed by atoms with Gasteiger partial charge in [0.25, 0.3) is 0 Å². The minimum absolute atomic E-state index is 0.371. The molecular weight excluding hydrogens is 211 g/mol. The van der Waals surface area contributed by atoms with Crippen molar-refractivity contribution in [2.45, 2.75) is 31.5 Å². The van der Waals surface area contributed by atoms with Gasteiger partial charge in [-0.05, 0) is 12.8 Å². The van der Waals surface area contributed by atoms with Gasteiger partial charge in [-0.3, -0.25) is 0 Å². The molecule has 0 aromatic heterocycles. The van der Waals surface area contributed by atoms with Gasteiger partial charge >= 0.3 is 0 Å². The molecule has 2 nitrogen and oxygen atoms in total. The van der Waals surface area contributed by atoms with E-state index in [1.54, 1.807) is 0 Å². The second-order valence-electron chi connectivity index (χ2n) is 3.19. The summed E-state index contributed by atoms with van der Waals surface area (Å²) in [4.78, 5) is 0. The molecule has 13 heavy (non-hydrogen) atoms. The Kier molecular flexibility index (Phi) is 5.41. The maximum Gasteiger partial charge on any atom is 0.168 e. The van der Waals surface area contributed by atoms with E-state index in [1.165, 1.54) is 0 Å². The predicted octanol–water partition coefficient (Wildman–Crippen LogP) is 2.77. The van der Waals surface area contributed by atoms with Gasteiger partial charge in [0, 0.05) is 24.6 Å². The van der Waals surface area contributed by atoms with Crippen LogP contribution < -0.4 is 0 Å². The lowest BCUT2D eigenvalue weighted by molar-refractivity contribution is -0.166. The molecule has 0 N–H and O–H groups in total. The summed E-state index contributed by atoms with van der Waals surface area (Å²) in [5.74, 6) is 0.953. The van der Waals surface area contributed by atoms with E-state index in [-0.39, 0.29) is 5.79 Å². The lowest BCUT2D eigenvalue weighted by atomic mass is 10.1. The zero-order chi connectivity index (χ0) is 9.57. The third-order valence-electron chi connectivity index (χ3n) is 2.20. The van der Waals surface area contributed by atoms with Crippen molar-refractivity contribution in [2.24, 2.45) is 0 Å². The van der Waals surface area contributed by atoms with E-state index in [0.29, 0.717) is 25.0 Å². The van der Waals surface area contributed by atoms with Crippen LogP contribution in [0.1, 0.15) is 25.7 Å². The Labute approximate surface area is 89.5 Å². The molecule has 4 heteroatoms. The second kappa shape index (κ2) is 6.07. The molecule has 0 atom stereocenters. The lowest BCUT2D eigenvalue weighted by Gasteiger charge is -2.26. The van der Waals surface area contributed by atoms with Crippen LogP contribution in [0.25, 0.3) is 0 Å². The molecule has 0 amide bonds. The van der Waals surface area contributed by atoms with Crippen molar-refractivity contribution in [3.05, 3.63) is 0 Å². The summed E-state index contributed by atoms with van der Waals surface area (Å²) in [6, 6.07) is 0. The Hall–Kier alpha value is 0.500. The Morgan fingerprint density at radius 3 is 1.77 bits per heavy atom. The Morgan fingerprint density at radius 1 is 0.923 bits per heavy atom. The quantitative estimate of drug-likeness (QED) is 0.649. The molecule has 0 bridgehead atoms. The van der Waals surface area contributed by atoms with Gasteiger partial charge in [0.1, 0.15) is 0 Å². The molecule has 0 aliphatic carbocycles. The summed E-state index contributed by atoms with van der Waals surface area (Å²) in [6.45, 7) is 1.40. The maximum atomic E-state index is 5.64. The van der Waals surface area contributed by atoms with Crippen molar-refractivity contribution in [3.63, 3.8) is 0 Å². The van der Waals surface area contributed by atoms with Gasteiger partial charge in [0.2, 0.25) is 0 Å². The standard InChI is InChI=1S/C9H16Cl2O2/c10-5-1-3-9(4-2-6-11)12-7-8-13-9/h1-8H2. The zero-order valence-electron chi connectivity index (χ0n) is 7.73. The Balaban J connectivity index is 2.33. The third-order valence-corrected chi connectivity index (χ3v) is 2.73. The van der Waals surface area contributed by atoms with Gasteiger partial charge in [-0.25, -0.2) is 0 Å². The van der Waals surface area contributed by atoms with Crippen LogP contribution in [-0.4, -0.2) is 30.8 Å². The van der Waals surface area contributed by atoms with Gasteiger partial charge in [-0.2, -0.15) is 0 Å². The van der Waals surface area contributed by atoms with E-state index in [1.807, 2.05) is 0 Å². The maximum absolute atomic E-state index is 5.64. The van der Waals surface area contributed by atoms with Crippen LogP contribution in [0.15, 0.2) is 0 Å². The van der Waals surface area contributed by atoms with Crippen LogP contribution in [0.4, 0.5) is 0 Å². The van der Waals surface area contributed by atoms with Crippen LogP contribution in [0.5, 0.6) is 0 Å². The fourth-order valence-corrected chi connectivity index (χ4v) is 1.85. The summed E-state index contributed by atoms with van der Waals surface area (Å²) in [5, 5.41) is 0. The molecule has 0 aromatic carbocycles. The molecule has 1 aliphatic rings. The molecule has 78 valence electrons. The molecule has 1 heterocycles. The number of rotatable bonds is 6. The molecule has 1 aliphatic heterocycles. The molecule has 1 saturated heterocycles. The normalized spacial score (nSPS) is 20.8. The van der Waals surface area contributed by atoms with Gasteiger partial charge in [0.15, 0.2) is 5.79 Å². The molecule has 0 spiro atoms. The van der Waals surface area contributed by atoms with Crippen LogP contribution in [0.2, 0.25) is 0 Å². The van der Waals surface area contributed by atoms with Gasteiger partial charge in [-0.1, -0.05) is 0 Å². The average molecular weight is 227 g/mol. The number of alkyl halides is 2. The highest BCUT2D eigenvalue weighted by Gasteiger charge is 2.34. The number of hydrogen-bond acceptors (Lipinski definition) is 2. The van der Waals surface area contributed by atoms with E-state index in [2.05, 4.69) is 0 Å². The van der Waals surface area contributed by atoms with Gasteiger partial charge in [-0.15, -0.1) is 23.2 Å². The number of ether oxygens (including phenoxy) is 2. The minimum atomic E-state index is -0.371. The van der Waals surface area contributed by atoms with E-state index >= 15 is 0 Å². The molecule has 0 unspecified atom stereocenters. The SMILES string of the molecule is ClCCCC1(CCCCl)OCCO1. The van der Waals surface area contributed by atoms with Gasteiger partial charge < -0.3 is 9.47 Å². The topological polar surface area (TPSA) is 18.5 Å². The second-order valence-corrected chi connectivity index (χ2v) is 3.95. The predicted molar refractivity (Wildman–Crippen MR) is 54.5 cm³/mol. The first-order chi connectivity index (χ1) is 6.33. The Bertz CT molecular complexity index is 126. The summed E-state index contributed by atoms with van der Waals surface area (Å²) in [5.41, 5.74) is 0. The zero-order valence-corrected chi connectivity index (χ0v) is 9.24. The summed E-state index contributed by atoms with van der Waals surface area (Å²) >= 11 is 11.3. The van der Waals surface area contributed by atoms with Crippen LogP contribution in [0.3, 0.4) is 0 Å². The van der Waals surface area contributed by atoms with Crippen LogP contribution in [0, 0.1) is 0 Å². The molecule has 0 saturated carbocycles. The summed E-state index contributed by atoms with van der Waals surface area (Å²) in [7, 11) is 0. The third kappa shape index (κ3) is 3.62. The van der Waals surface area contributed by atoms with Crippen LogP contribution in [-0.2, 0) is 9.47 Å². The molecule has 1 rings (SSSR count).